The van der Waals surface area contributed by atoms with Crippen molar-refractivity contribution in [2.75, 3.05) is 43.4 Å². The van der Waals surface area contributed by atoms with Crippen LogP contribution in [-0.4, -0.2) is 76.9 Å². The van der Waals surface area contributed by atoms with E-state index in [1.54, 1.807) is 43.5 Å². The molecule has 0 aliphatic carbocycles. The normalized spacial score (nSPS) is 19.5. The van der Waals surface area contributed by atoms with Crippen LogP contribution in [0.1, 0.15) is 31.2 Å². The van der Waals surface area contributed by atoms with E-state index in [9.17, 15) is 26.7 Å². The summed E-state index contributed by atoms with van der Waals surface area (Å²) in [7, 11) is -3.78. The quantitative estimate of drug-likeness (QED) is 0.348. The molecule has 3 heterocycles. The SMILES string of the molecule is Cc1cc(Nc2ccnc(Nc3ccc(S(=O)(=O)N4CCC(O)(CN5CCC(F)(F)CC5)CC4)cc3)n2)ccc1F. The van der Waals surface area contributed by atoms with Gasteiger partial charge in [-0.3, -0.25) is 0 Å². The molecule has 3 N–H and O–H groups in total. The van der Waals surface area contributed by atoms with Crippen molar-refractivity contribution in [2.24, 2.45) is 0 Å². The third-order valence-corrected chi connectivity index (χ3v) is 9.51. The highest BCUT2D eigenvalue weighted by Gasteiger charge is 2.41. The standard InChI is InChI=1S/C28H33F3N6O3S/c1-20-18-22(4-7-24(20)29)33-25-8-13-32-26(35-25)34-21-2-5-23(6-3-21)41(39,40)37-16-9-27(38,10-17-37)19-36-14-11-28(30,31)12-15-36/h2-8,13,18,38H,9-12,14-17,19H2,1H3,(H2,32,33,34,35). The van der Waals surface area contributed by atoms with Crippen LogP contribution in [0.4, 0.5) is 36.3 Å². The van der Waals surface area contributed by atoms with Crippen molar-refractivity contribution in [2.45, 2.75) is 49.0 Å². The molecule has 0 radical (unpaired) electrons. The van der Waals surface area contributed by atoms with Crippen molar-refractivity contribution in [1.29, 1.82) is 0 Å². The second-order valence-corrected chi connectivity index (χ2v) is 12.7. The summed E-state index contributed by atoms with van der Waals surface area (Å²) >= 11 is 0. The molecule has 2 aliphatic heterocycles. The zero-order valence-electron chi connectivity index (χ0n) is 22.7. The fourth-order valence-corrected chi connectivity index (χ4v) is 6.54. The first-order valence-corrected chi connectivity index (χ1v) is 14.9. The molecule has 13 heteroatoms. The van der Waals surface area contributed by atoms with E-state index in [0.29, 0.717) is 22.8 Å². The first-order valence-electron chi connectivity index (χ1n) is 13.5. The number of benzene rings is 2. The zero-order valence-corrected chi connectivity index (χ0v) is 23.5. The molecule has 2 aromatic carbocycles. The molecule has 220 valence electrons. The number of hydrogen-bond donors (Lipinski definition) is 3. The van der Waals surface area contributed by atoms with Crippen LogP contribution in [-0.2, 0) is 10.0 Å². The van der Waals surface area contributed by atoms with Gasteiger partial charge in [-0.2, -0.15) is 9.29 Å². The Labute approximate surface area is 237 Å². The van der Waals surface area contributed by atoms with Gasteiger partial charge in [0, 0.05) is 63.1 Å². The number of aliphatic hydroxyl groups is 1. The Morgan fingerprint density at radius 1 is 0.927 bits per heavy atom. The second kappa shape index (κ2) is 11.6. The maximum Gasteiger partial charge on any atom is 0.250 e. The lowest BCUT2D eigenvalue weighted by molar-refractivity contribution is -0.0831. The molecular weight excluding hydrogens is 557 g/mol. The van der Waals surface area contributed by atoms with Crippen molar-refractivity contribution in [3.63, 3.8) is 0 Å². The molecule has 2 aliphatic rings. The van der Waals surface area contributed by atoms with E-state index in [2.05, 4.69) is 20.6 Å². The third kappa shape index (κ3) is 7.15. The van der Waals surface area contributed by atoms with Gasteiger partial charge in [0.25, 0.3) is 5.92 Å². The van der Waals surface area contributed by atoms with Crippen LogP contribution in [0, 0.1) is 12.7 Å². The summed E-state index contributed by atoms with van der Waals surface area (Å²) < 4.78 is 68.3. The number of sulfonamides is 1. The van der Waals surface area contributed by atoms with E-state index in [1.807, 2.05) is 4.90 Å². The van der Waals surface area contributed by atoms with Crippen molar-refractivity contribution in [3.8, 4) is 0 Å². The lowest BCUT2D eigenvalue weighted by atomic mass is 9.91. The van der Waals surface area contributed by atoms with Gasteiger partial charge in [0.05, 0.1) is 10.5 Å². The summed E-state index contributed by atoms with van der Waals surface area (Å²) in [5.74, 6) is -2.16. The Bertz CT molecular complexity index is 1470. The van der Waals surface area contributed by atoms with Crippen LogP contribution < -0.4 is 10.6 Å². The lowest BCUT2D eigenvalue weighted by Gasteiger charge is -2.42. The summed E-state index contributed by atoms with van der Waals surface area (Å²) in [5.41, 5.74) is 0.657. The van der Waals surface area contributed by atoms with E-state index >= 15 is 0 Å². The first kappa shape index (κ1) is 29.2. The van der Waals surface area contributed by atoms with Crippen LogP contribution in [0.5, 0.6) is 0 Å². The summed E-state index contributed by atoms with van der Waals surface area (Å²) in [6.07, 6.45) is 1.58. The number of likely N-dealkylation sites (tertiary alicyclic amines) is 1. The summed E-state index contributed by atoms with van der Waals surface area (Å²) in [6, 6.07) is 12.6. The fourth-order valence-electron chi connectivity index (χ4n) is 5.10. The van der Waals surface area contributed by atoms with Crippen LogP contribution in [0.25, 0.3) is 0 Å². The molecule has 41 heavy (non-hydrogen) atoms. The topological polar surface area (TPSA) is 111 Å². The Kier molecular flexibility index (Phi) is 8.24. The van der Waals surface area contributed by atoms with Gasteiger partial charge in [-0.1, -0.05) is 0 Å². The van der Waals surface area contributed by atoms with Gasteiger partial charge in [0.15, 0.2) is 0 Å². The minimum absolute atomic E-state index is 0.120. The average molecular weight is 591 g/mol. The number of aromatic nitrogens is 2. The van der Waals surface area contributed by atoms with Crippen LogP contribution in [0.15, 0.2) is 59.6 Å². The van der Waals surface area contributed by atoms with Gasteiger partial charge in [-0.05, 0) is 73.9 Å². The van der Waals surface area contributed by atoms with Crippen molar-refractivity contribution >= 4 is 33.2 Å². The number of halogens is 3. The number of nitrogens with zero attached hydrogens (tertiary/aromatic N) is 4. The first-order chi connectivity index (χ1) is 19.4. The van der Waals surface area contributed by atoms with Crippen LogP contribution in [0.3, 0.4) is 0 Å². The monoisotopic (exact) mass is 590 g/mol. The van der Waals surface area contributed by atoms with Gasteiger partial charge in [0.2, 0.25) is 16.0 Å². The van der Waals surface area contributed by atoms with Crippen molar-refractivity contribution in [3.05, 3.63) is 66.1 Å². The molecule has 0 spiro atoms. The van der Waals surface area contributed by atoms with E-state index in [-0.39, 0.29) is 75.1 Å². The molecule has 0 atom stereocenters. The fraction of sp³-hybridized carbons (Fsp3) is 0.429. The van der Waals surface area contributed by atoms with Crippen LogP contribution >= 0.6 is 0 Å². The third-order valence-electron chi connectivity index (χ3n) is 7.59. The molecule has 5 rings (SSSR count). The van der Waals surface area contributed by atoms with Gasteiger partial charge in [0.1, 0.15) is 11.6 Å². The molecule has 0 bridgehead atoms. The van der Waals surface area contributed by atoms with Gasteiger partial charge in [-0.25, -0.2) is 26.6 Å². The van der Waals surface area contributed by atoms with E-state index in [0.717, 1.165) is 0 Å². The minimum atomic E-state index is -3.78. The number of hydrogen-bond acceptors (Lipinski definition) is 8. The Morgan fingerprint density at radius 3 is 2.24 bits per heavy atom. The van der Waals surface area contributed by atoms with Gasteiger partial charge < -0.3 is 20.6 Å². The predicted octanol–water partition coefficient (Wildman–Crippen LogP) is 4.66. The largest absolute Gasteiger partial charge is 0.388 e. The summed E-state index contributed by atoms with van der Waals surface area (Å²) in [6.45, 7) is 2.66. The Balaban J connectivity index is 1.17. The van der Waals surface area contributed by atoms with Gasteiger partial charge in [-0.15, -0.1) is 0 Å². The highest BCUT2D eigenvalue weighted by Crippen LogP contribution is 2.32. The summed E-state index contributed by atoms with van der Waals surface area (Å²) in [4.78, 5) is 10.6. The van der Waals surface area contributed by atoms with Crippen molar-refractivity contribution in [1.82, 2.24) is 19.2 Å². The highest BCUT2D eigenvalue weighted by atomic mass is 32.2. The molecular formula is C28H33F3N6O3S. The second-order valence-electron chi connectivity index (χ2n) is 10.8. The molecule has 0 amide bonds. The number of piperidine rings is 2. The number of β-amino-alcohol motifs (C(OH)–C–C–N with tert-alkyl or cyclic N) is 1. The predicted molar refractivity (Wildman–Crippen MR) is 150 cm³/mol. The molecule has 2 fully saturated rings. The molecule has 1 aromatic heterocycles. The number of alkyl halides is 2. The molecule has 9 nitrogen and oxygen atoms in total. The molecule has 0 saturated carbocycles. The zero-order chi connectivity index (χ0) is 29.3. The minimum Gasteiger partial charge on any atom is -0.388 e. The maximum absolute atomic E-state index is 13.5. The van der Waals surface area contributed by atoms with E-state index in [1.165, 1.54) is 22.5 Å². The lowest BCUT2D eigenvalue weighted by Crippen LogP contribution is -2.53. The number of anilines is 4. The molecule has 3 aromatic rings. The molecule has 2 saturated heterocycles. The maximum atomic E-state index is 13.5. The Hall–Kier alpha value is -3.26. The van der Waals surface area contributed by atoms with Crippen LogP contribution in [0.2, 0.25) is 0 Å². The van der Waals surface area contributed by atoms with Crippen molar-refractivity contribution < 1.29 is 26.7 Å². The van der Waals surface area contributed by atoms with E-state index < -0.39 is 21.5 Å². The smallest absolute Gasteiger partial charge is 0.250 e. The number of aryl methyl sites for hydroxylation is 1. The summed E-state index contributed by atoms with van der Waals surface area (Å²) in [5, 5.41) is 17.2. The Morgan fingerprint density at radius 2 is 1.59 bits per heavy atom. The number of rotatable bonds is 8. The van der Waals surface area contributed by atoms with Gasteiger partial charge >= 0.3 is 0 Å². The molecule has 0 unspecified atom stereocenters. The number of nitrogens with one attached hydrogen (secondary N) is 2. The average Bonchev–Trinajstić information content (AvgIpc) is 2.93. The van der Waals surface area contributed by atoms with E-state index in [4.69, 9.17) is 0 Å². The highest BCUT2D eigenvalue weighted by molar-refractivity contribution is 7.89.